The van der Waals surface area contributed by atoms with Crippen LogP contribution in [-0.4, -0.2) is 35.9 Å². The fraction of sp³-hybridized carbons (Fsp3) is 0.200. The van der Waals surface area contributed by atoms with Crippen molar-refractivity contribution >= 4 is 41.0 Å². The summed E-state index contributed by atoms with van der Waals surface area (Å²) in [7, 11) is 0. The van der Waals surface area contributed by atoms with E-state index in [4.69, 9.17) is 25.5 Å². The third-order valence-corrected chi connectivity index (χ3v) is 7.57. The first-order valence-electron chi connectivity index (χ1n) is 12.9. The van der Waals surface area contributed by atoms with Crippen LogP contribution >= 0.6 is 22.9 Å². The molecule has 0 aliphatic carbocycles. The van der Waals surface area contributed by atoms with Gasteiger partial charge in [0.25, 0.3) is 5.56 Å². The normalized spacial score (nSPS) is 15.2. The Labute approximate surface area is 251 Å². The highest BCUT2D eigenvalue weighted by Gasteiger charge is 2.45. The Morgan fingerprint density at radius 3 is 2.42 bits per heavy atom. The molecule has 222 valence electrons. The molecule has 2 aromatic carbocycles. The van der Waals surface area contributed by atoms with Gasteiger partial charge in [-0.25, -0.2) is 14.6 Å². The van der Waals surface area contributed by atoms with Gasteiger partial charge in [0.1, 0.15) is 11.5 Å². The van der Waals surface area contributed by atoms with Gasteiger partial charge in [-0.2, -0.15) is 13.2 Å². The standard InChI is InChI=1S/C30H22ClF3N2O6S/c1-3-40-27(38)18-7-5-6-17(14-18)21-13-12-20(42-21)15-22-26(37)36-24(16-8-10-19(31)11-9-16)23(28(39)41-4-2)25(30(32,33)34)35-29(36)43-22/h5-15,24H,3-4H2,1-2H3/b22-15-/t24-/m1/s1. The van der Waals surface area contributed by atoms with E-state index < -0.39 is 41.0 Å². The fourth-order valence-electron chi connectivity index (χ4n) is 4.53. The van der Waals surface area contributed by atoms with Crippen LogP contribution in [0.4, 0.5) is 13.2 Å². The van der Waals surface area contributed by atoms with Crippen molar-refractivity contribution in [1.29, 1.82) is 0 Å². The third-order valence-electron chi connectivity index (χ3n) is 6.34. The van der Waals surface area contributed by atoms with Crippen LogP contribution in [0.15, 0.2) is 86.1 Å². The summed E-state index contributed by atoms with van der Waals surface area (Å²) in [5.41, 5.74) is -1.83. The van der Waals surface area contributed by atoms with Crippen LogP contribution in [0.5, 0.6) is 0 Å². The second-order valence-corrected chi connectivity index (χ2v) is 10.6. The zero-order valence-corrected chi connectivity index (χ0v) is 24.2. The SMILES string of the molecule is CCOC(=O)C1=C(C(F)(F)F)N=c2s/c(=C\c3ccc(-c4cccc(C(=O)OCC)c4)o3)c(=O)n2[C@@H]1c1ccc(Cl)cc1. The number of halogens is 4. The number of benzene rings is 2. The first kappa shape index (κ1) is 30.1. The number of hydrogen-bond acceptors (Lipinski definition) is 8. The molecule has 0 radical (unpaired) electrons. The molecule has 0 N–H and O–H groups in total. The number of aromatic nitrogens is 1. The van der Waals surface area contributed by atoms with Gasteiger partial charge in [-0.1, -0.05) is 47.2 Å². The van der Waals surface area contributed by atoms with Crippen LogP contribution in [-0.2, 0) is 14.3 Å². The number of alkyl halides is 3. The van der Waals surface area contributed by atoms with E-state index in [1.807, 2.05) is 0 Å². The molecular weight excluding hydrogens is 609 g/mol. The largest absolute Gasteiger partial charge is 0.463 e. The lowest BCUT2D eigenvalue weighted by Gasteiger charge is -2.26. The highest BCUT2D eigenvalue weighted by atomic mass is 35.5. The highest BCUT2D eigenvalue weighted by Crippen LogP contribution is 2.38. The summed E-state index contributed by atoms with van der Waals surface area (Å²) in [4.78, 5) is 42.2. The van der Waals surface area contributed by atoms with Crippen molar-refractivity contribution in [3.63, 3.8) is 0 Å². The number of thiazole rings is 1. The molecule has 8 nitrogen and oxygen atoms in total. The molecule has 4 aromatic rings. The first-order valence-corrected chi connectivity index (χ1v) is 14.1. The van der Waals surface area contributed by atoms with Crippen molar-refractivity contribution in [2.75, 3.05) is 13.2 Å². The number of carbonyl (C=O) groups excluding carboxylic acids is 2. The molecule has 1 aliphatic rings. The number of esters is 2. The Hall–Kier alpha value is -4.42. The lowest BCUT2D eigenvalue weighted by molar-refractivity contribution is -0.140. The van der Waals surface area contributed by atoms with Crippen molar-refractivity contribution in [2.45, 2.75) is 26.1 Å². The summed E-state index contributed by atoms with van der Waals surface area (Å²) in [5, 5.41) is 0.315. The zero-order chi connectivity index (χ0) is 30.9. The van der Waals surface area contributed by atoms with Gasteiger partial charge in [0.15, 0.2) is 10.5 Å². The summed E-state index contributed by atoms with van der Waals surface area (Å²) in [6.45, 7) is 3.19. The van der Waals surface area contributed by atoms with Gasteiger partial charge in [0.05, 0.1) is 34.9 Å². The number of hydrogen-bond donors (Lipinski definition) is 0. The van der Waals surface area contributed by atoms with E-state index in [1.54, 1.807) is 43.3 Å². The quantitative estimate of drug-likeness (QED) is 0.253. The summed E-state index contributed by atoms with van der Waals surface area (Å²) in [6, 6.07) is 14.1. The smallest absolute Gasteiger partial charge is 0.434 e. The predicted molar refractivity (Wildman–Crippen MR) is 152 cm³/mol. The first-order chi connectivity index (χ1) is 20.5. The lowest BCUT2D eigenvalue weighted by atomic mass is 9.95. The molecule has 0 spiro atoms. The van der Waals surface area contributed by atoms with Crippen LogP contribution in [0, 0.1) is 0 Å². The third kappa shape index (κ3) is 6.06. The van der Waals surface area contributed by atoms with Crippen LogP contribution in [0.1, 0.15) is 41.6 Å². The van der Waals surface area contributed by atoms with Crippen LogP contribution in [0.3, 0.4) is 0 Å². The molecule has 1 aliphatic heterocycles. The van der Waals surface area contributed by atoms with Crippen molar-refractivity contribution < 1.29 is 36.7 Å². The van der Waals surface area contributed by atoms with E-state index in [9.17, 15) is 27.6 Å². The van der Waals surface area contributed by atoms with E-state index in [2.05, 4.69) is 4.99 Å². The second kappa shape index (κ2) is 12.1. The molecular formula is C30H22ClF3N2O6S. The topological polar surface area (TPSA) is 100 Å². The zero-order valence-electron chi connectivity index (χ0n) is 22.6. The molecule has 0 fully saturated rings. The molecule has 0 saturated heterocycles. The van der Waals surface area contributed by atoms with Gasteiger partial charge in [-0.3, -0.25) is 9.36 Å². The van der Waals surface area contributed by atoms with Gasteiger partial charge in [-0.15, -0.1) is 0 Å². The summed E-state index contributed by atoms with van der Waals surface area (Å²) in [6.07, 6.45) is -3.64. The average molecular weight is 631 g/mol. The molecule has 5 rings (SSSR count). The maximum atomic E-state index is 14.3. The lowest BCUT2D eigenvalue weighted by Crippen LogP contribution is -2.41. The number of fused-ring (bicyclic) bond motifs is 1. The Kier molecular flexibility index (Phi) is 8.43. The Morgan fingerprint density at radius 1 is 1.05 bits per heavy atom. The summed E-state index contributed by atoms with van der Waals surface area (Å²) >= 11 is 6.72. The number of furan rings is 1. The van der Waals surface area contributed by atoms with E-state index >= 15 is 0 Å². The molecule has 13 heteroatoms. The Balaban J connectivity index is 1.64. The van der Waals surface area contributed by atoms with E-state index in [-0.39, 0.29) is 33.9 Å². The van der Waals surface area contributed by atoms with Gasteiger partial charge in [-0.05, 0) is 55.8 Å². The number of rotatable bonds is 7. The minimum Gasteiger partial charge on any atom is -0.463 e. The van der Waals surface area contributed by atoms with Crippen molar-refractivity contribution in [3.05, 3.63) is 114 Å². The maximum absolute atomic E-state index is 14.3. The molecule has 43 heavy (non-hydrogen) atoms. The van der Waals surface area contributed by atoms with Gasteiger partial charge in [0.2, 0.25) is 0 Å². The predicted octanol–water partition coefficient (Wildman–Crippen LogP) is 5.43. The monoisotopic (exact) mass is 630 g/mol. The van der Waals surface area contributed by atoms with E-state index in [0.717, 1.165) is 4.57 Å². The highest BCUT2D eigenvalue weighted by molar-refractivity contribution is 7.07. The summed E-state index contributed by atoms with van der Waals surface area (Å²) in [5.74, 6) is -1.12. The average Bonchev–Trinajstić information content (AvgIpc) is 3.57. The Morgan fingerprint density at radius 2 is 1.74 bits per heavy atom. The van der Waals surface area contributed by atoms with Crippen molar-refractivity contribution in [3.8, 4) is 11.3 Å². The van der Waals surface area contributed by atoms with E-state index in [0.29, 0.717) is 33.2 Å². The number of carbonyl (C=O) groups is 2. The fourth-order valence-corrected chi connectivity index (χ4v) is 5.64. The number of nitrogens with zero attached hydrogens (tertiary/aromatic N) is 2. The van der Waals surface area contributed by atoms with Crippen LogP contribution in [0.25, 0.3) is 17.4 Å². The molecule has 0 unspecified atom stereocenters. The Bertz CT molecular complexity index is 1920. The minimum absolute atomic E-state index is 0.0190. The number of allylic oxidation sites excluding steroid dienone is 1. The maximum Gasteiger partial charge on any atom is 0.434 e. The van der Waals surface area contributed by atoms with Gasteiger partial charge >= 0.3 is 18.1 Å². The minimum atomic E-state index is -5.02. The molecule has 1 atom stereocenters. The molecule has 0 saturated carbocycles. The molecule has 2 aromatic heterocycles. The van der Waals surface area contributed by atoms with E-state index in [1.165, 1.54) is 37.3 Å². The van der Waals surface area contributed by atoms with Gasteiger partial charge in [0, 0.05) is 16.7 Å². The molecule has 0 bridgehead atoms. The van der Waals surface area contributed by atoms with Crippen molar-refractivity contribution in [2.24, 2.45) is 4.99 Å². The summed E-state index contributed by atoms with van der Waals surface area (Å²) < 4.78 is 59.7. The van der Waals surface area contributed by atoms with Gasteiger partial charge < -0.3 is 13.9 Å². The van der Waals surface area contributed by atoms with Crippen LogP contribution in [0.2, 0.25) is 5.02 Å². The van der Waals surface area contributed by atoms with Crippen molar-refractivity contribution in [1.82, 2.24) is 4.57 Å². The van der Waals surface area contributed by atoms with Crippen LogP contribution < -0.4 is 14.9 Å². The second-order valence-electron chi connectivity index (χ2n) is 9.12. The molecule has 0 amide bonds. The number of ether oxygens (including phenoxy) is 2. The molecule has 3 heterocycles.